The number of benzene rings is 2. The lowest BCUT2D eigenvalue weighted by Gasteiger charge is -2.33. The van der Waals surface area contributed by atoms with Crippen molar-refractivity contribution in [1.29, 1.82) is 0 Å². The molecular formula is C20H20N4O4S. The van der Waals surface area contributed by atoms with Gasteiger partial charge in [0, 0.05) is 18.9 Å². The topological polar surface area (TPSA) is 93.5 Å². The number of para-hydroxylation sites is 3. The summed E-state index contributed by atoms with van der Waals surface area (Å²) in [5.74, 6) is -0.0169. The molecule has 0 bridgehead atoms. The maximum Gasteiger partial charge on any atom is 0.263 e. The number of aromatic nitrogens is 2. The number of hydrogen-bond donors (Lipinski definition) is 1. The van der Waals surface area contributed by atoms with Gasteiger partial charge in [-0.3, -0.25) is 9.10 Å². The molecule has 1 aromatic heterocycles. The highest BCUT2D eigenvalue weighted by Gasteiger charge is 2.34. The van der Waals surface area contributed by atoms with Crippen molar-refractivity contribution in [3.8, 4) is 11.4 Å². The molecule has 0 aliphatic carbocycles. The van der Waals surface area contributed by atoms with Crippen molar-refractivity contribution in [3.05, 3.63) is 72.8 Å². The molecule has 150 valence electrons. The first-order valence-corrected chi connectivity index (χ1v) is 10.9. The first kappa shape index (κ1) is 19.0. The monoisotopic (exact) mass is 412 g/mol. The van der Waals surface area contributed by atoms with Crippen LogP contribution in [-0.4, -0.2) is 42.8 Å². The Morgan fingerprint density at radius 1 is 1.17 bits per heavy atom. The summed E-state index contributed by atoms with van der Waals surface area (Å²) in [5.41, 5.74) is 2.23. The number of carbonyl (C=O) groups is 1. The molecule has 4 rings (SSSR count). The molecule has 1 atom stereocenters. The van der Waals surface area contributed by atoms with E-state index >= 15 is 0 Å². The Kier molecular flexibility index (Phi) is 4.98. The molecular weight excluding hydrogens is 392 g/mol. The summed E-state index contributed by atoms with van der Waals surface area (Å²) in [5, 5.41) is 2.85. The van der Waals surface area contributed by atoms with Crippen molar-refractivity contribution in [2.45, 2.75) is 12.6 Å². The quantitative estimate of drug-likeness (QED) is 0.689. The van der Waals surface area contributed by atoms with Crippen LogP contribution in [0.2, 0.25) is 0 Å². The molecule has 0 saturated heterocycles. The summed E-state index contributed by atoms with van der Waals surface area (Å²) in [6.45, 7) is 0.193. The lowest BCUT2D eigenvalue weighted by Crippen LogP contribution is -2.50. The van der Waals surface area contributed by atoms with Crippen molar-refractivity contribution >= 4 is 21.6 Å². The number of nitrogens with one attached hydrogen (secondary N) is 1. The maximum atomic E-state index is 12.8. The molecule has 1 N–H and O–H groups in total. The number of anilines is 1. The highest BCUT2D eigenvalue weighted by Crippen LogP contribution is 2.34. The number of rotatable bonds is 5. The van der Waals surface area contributed by atoms with Gasteiger partial charge < -0.3 is 14.6 Å². The third kappa shape index (κ3) is 3.95. The minimum Gasteiger partial charge on any atom is -0.476 e. The van der Waals surface area contributed by atoms with Gasteiger partial charge >= 0.3 is 0 Å². The van der Waals surface area contributed by atoms with Gasteiger partial charge in [-0.2, -0.15) is 0 Å². The van der Waals surface area contributed by atoms with E-state index in [9.17, 15) is 13.2 Å². The van der Waals surface area contributed by atoms with Crippen LogP contribution in [0.25, 0.3) is 5.69 Å². The van der Waals surface area contributed by atoms with E-state index in [1.165, 1.54) is 4.31 Å². The van der Waals surface area contributed by atoms with E-state index in [4.69, 9.17) is 4.74 Å². The first-order valence-electron chi connectivity index (χ1n) is 9.01. The van der Waals surface area contributed by atoms with Crippen LogP contribution in [-0.2, 0) is 21.4 Å². The number of imidazole rings is 1. The molecule has 1 amide bonds. The van der Waals surface area contributed by atoms with Crippen molar-refractivity contribution in [1.82, 2.24) is 14.9 Å². The fraction of sp³-hybridized carbons (Fsp3) is 0.200. The Morgan fingerprint density at radius 3 is 2.62 bits per heavy atom. The second kappa shape index (κ2) is 7.59. The molecule has 0 radical (unpaired) electrons. The van der Waals surface area contributed by atoms with E-state index in [1.807, 2.05) is 35.0 Å². The van der Waals surface area contributed by atoms with Gasteiger partial charge in [-0.25, -0.2) is 13.4 Å². The van der Waals surface area contributed by atoms with Gasteiger partial charge in [0.05, 0.1) is 30.5 Å². The van der Waals surface area contributed by atoms with Crippen molar-refractivity contribution in [2.75, 3.05) is 17.1 Å². The van der Waals surface area contributed by atoms with Crippen LogP contribution < -0.4 is 14.4 Å². The van der Waals surface area contributed by atoms with Gasteiger partial charge in [-0.05, 0) is 23.8 Å². The van der Waals surface area contributed by atoms with Gasteiger partial charge in [0.1, 0.15) is 5.75 Å². The van der Waals surface area contributed by atoms with Crippen LogP contribution in [0, 0.1) is 0 Å². The van der Waals surface area contributed by atoms with Crippen molar-refractivity contribution in [3.63, 3.8) is 0 Å². The zero-order valence-corrected chi connectivity index (χ0v) is 16.5. The number of fused-ring (bicyclic) bond motifs is 1. The molecule has 29 heavy (non-hydrogen) atoms. The predicted octanol–water partition coefficient (Wildman–Crippen LogP) is 1.72. The lowest BCUT2D eigenvalue weighted by atomic mass is 10.1. The largest absolute Gasteiger partial charge is 0.476 e. The number of sulfonamides is 1. The Bertz CT molecular complexity index is 1130. The second-order valence-electron chi connectivity index (χ2n) is 6.68. The average molecular weight is 412 g/mol. The van der Waals surface area contributed by atoms with Crippen LogP contribution in [0.1, 0.15) is 5.56 Å². The summed E-state index contributed by atoms with van der Waals surface area (Å²) in [6.07, 6.45) is 5.37. The first-order chi connectivity index (χ1) is 13.9. The average Bonchev–Trinajstić information content (AvgIpc) is 3.25. The fourth-order valence-corrected chi connectivity index (χ4v) is 4.18. The van der Waals surface area contributed by atoms with E-state index < -0.39 is 16.1 Å². The number of amides is 1. The van der Waals surface area contributed by atoms with Gasteiger partial charge in [0.25, 0.3) is 5.91 Å². The van der Waals surface area contributed by atoms with Gasteiger partial charge in [0.15, 0.2) is 6.10 Å². The van der Waals surface area contributed by atoms with Gasteiger partial charge in [-0.15, -0.1) is 0 Å². The molecule has 1 aliphatic heterocycles. The van der Waals surface area contributed by atoms with E-state index in [2.05, 4.69) is 10.3 Å². The maximum absolute atomic E-state index is 12.8. The SMILES string of the molecule is CS(=O)(=O)N1C[C@@H](C(=O)NCc2ccccc2-n2ccnc2)Oc2ccccc21. The summed E-state index contributed by atoms with van der Waals surface area (Å²) in [7, 11) is -3.55. The van der Waals surface area contributed by atoms with Gasteiger partial charge in [-0.1, -0.05) is 30.3 Å². The van der Waals surface area contributed by atoms with Crippen LogP contribution >= 0.6 is 0 Å². The number of ether oxygens (including phenoxy) is 1. The Hall–Kier alpha value is -3.33. The van der Waals surface area contributed by atoms with Crippen molar-refractivity contribution in [2.24, 2.45) is 0 Å². The molecule has 2 aromatic carbocycles. The molecule has 0 saturated carbocycles. The van der Waals surface area contributed by atoms with Crippen LogP contribution in [0.3, 0.4) is 0 Å². The third-order valence-corrected chi connectivity index (χ3v) is 5.80. The van der Waals surface area contributed by atoms with Crippen molar-refractivity contribution < 1.29 is 17.9 Å². The third-order valence-electron chi connectivity index (χ3n) is 4.65. The van der Waals surface area contributed by atoms with E-state index in [-0.39, 0.29) is 19.0 Å². The summed E-state index contributed by atoms with van der Waals surface area (Å²) in [4.78, 5) is 16.8. The normalized spacial score (nSPS) is 16.0. The van der Waals surface area contributed by atoms with Crippen LogP contribution in [0.5, 0.6) is 5.75 Å². The summed E-state index contributed by atoms with van der Waals surface area (Å²) < 4.78 is 33.2. The second-order valence-corrected chi connectivity index (χ2v) is 8.59. The lowest BCUT2D eigenvalue weighted by molar-refractivity contribution is -0.127. The number of carbonyl (C=O) groups excluding carboxylic acids is 1. The predicted molar refractivity (Wildman–Crippen MR) is 108 cm³/mol. The number of nitrogens with zero attached hydrogens (tertiary/aromatic N) is 3. The van der Waals surface area contributed by atoms with Crippen LogP contribution in [0.15, 0.2) is 67.3 Å². The molecule has 1 aliphatic rings. The zero-order valence-electron chi connectivity index (χ0n) is 15.7. The molecule has 0 fully saturated rings. The Morgan fingerprint density at radius 2 is 1.90 bits per heavy atom. The summed E-state index contributed by atoms with van der Waals surface area (Å²) in [6, 6.07) is 14.4. The Labute approximate surface area is 168 Å². The fourth-order valence-electron chi connectivity index (χ4n) is 3.26. The highest BCUT2D eigenvalue weighted by atomic mass is 32.2. The zero-order chi connectivity index (χ0) is 20.4. The minimum absolute atomic E-state index is 0.0785. The molecule has 9 heteroatoms. The molecule has 0 unspecified atom stereocenters. The minimum atomic E-state index is -3.55. The highest BCUT2D eigenvalue weighted by molar-refractivity contribution is 7.92. The standard InChI is InChI=1S/C20H20N4O4S/c1-29(26,27)24-13-19(28-18-9-5-4-8-17(18)24)20(25)22-12-15-6-2-3-7-16(15)23-11-10-21-14-23/h2-11,14,19H,12-13H2,1H3,(H,22,25)/t19-/m0/s1. The Balaban J connectivity index is 1.52. The molecule has 3 aromatic rings. The smallest absolute Gasteiger partial charge is 0.263 e. The number of hydrogen-bond acceptors (Lipinski definition) is 5. The van der Waals surface area contributed by atoms with Gasteiger partial charge in [0.2, 0.25) is 10.0 Å². The van der Waals surface area contributed by atoms with E-state index in [1.54, 1.807) is 36.8 Å². The van der Waals surface area contributed by atoms with E-state index in [0.717, 1.165) is 17.5 Å². The summed E-state index contributed by atoms with van der Waals surface area (Å²) >= 11 is 0. The van der Waals surface area contributed by atoms with E-state index in [0.29, 0.717) is 11.4 Å². The molecule has 2 heterocycles. The molecule has 0 spiro atoms. The van der Waals surface area contributed by atoms with Crippen LogP contribution in [0.4, 0.5) is 5.69 Å². The molecule has 8 nitrogen and oxygen atoms in total.